The number of aliphatic hydroxyl groups is 1. The lowest BCUT2D eigenvalue weighted by Gasteiger charge is -2.39. The summed E-state index contributed by atoms with van der Waals surface area (Å²) < 4.78 is 57.7. The highest BCUT2D eigenvalue weighted by molar-refractivity contribution is 5.86. The van der Waals surface area contributed by atoms with E-state index < -0.39 is 24.3 Å². The van der Waals surface area contributed by atoms with E-state index in [-0.39, 0.29) is 43.1 Å². The zero-order valence-corrected chi connectivity index (χ0v) is 25.0. The molecule has 0 spiro atoms. The molecule has 0 bridgehead atoms. The van der Waals surface area contributed by atoms with Crippen molar-refractivity contribution in [1.29, 1.82) is 5.26 Å². The first-order chi connectivity index (χ1) is 21.4. The molecule has 0 amide bonds. The standard InChI is InChI=1S/C34H34F3N3O5/c1-22-3-5-23(6-4-22)19-40-20-28(27-9-7-25(18-38)15-29(27)40)33(43,34(35,36)37)21-39-13-11-26(12-14-39)45-30-10-8-24(17-32(41)42)16-31(30)44-2/h3-10,15-16,20,26,43H,11-14,17,19,21H2,1-2H3,(H,41,42). The van der Waals surface area contributed by atoms with Crippen molar-refractivity contribution in [2.24, 2.45) is 0 Å². The van der Waals surface area contributed by atoms with Gasteiger partial charge in [-0.2, -0.15) is 18.4 Å². The largest absolute Gasteiger partial charge is 0.493 e. The highest BCUT2D eigenvalue weighted by Gasteiger charge is 2.57. The summed E-state index contributed by atoms with van der Waals surface area (Å²) >= 11 is 0. The van der Waals surface area contributed by atoms with Crippen molar-refractivity contribution in [3.05, 3.63) is 94.7 Å². The Morgan fingerprint density at radius 3 is 2.33 bits per heavy atom. The molecule has 1 saturated heterocycles. The number of benzene rings is 3. The van der Waals surface area contributed by atoms with Crippen LogP contribution in [0.3, 0.4) is 0 Å². The molecule has 0 aliphatic carbocycles. The maximum atomic E-state index is 14.8. The van der Waals surface area contributed by atoms with Gasteiger partial charge in [-0.1, -0.05) is 42.0 Å². The molecule has 2 heterocycles. The van der Waals surface area contributed by atoms with Gasteiger partial charge in [0.15, 0.2) is 11.5 Å². The van der Waals surface area contributed by atoms with Crippen LogP contribution in [-0.2, 0) is 23.4 Å². The number of nitrogens with zero attached hydrogens (tertiary/aromatic N) is 3. The fraction of sp³-hybridized carbons (Fsp3) is 0.353. The highest BCUT2D eigenvalue weighted by Crippen LogP contribution is 2.44. The second-order valence-corrected chi connectivity index (χ2v) is 11.5. The molecule has 4 aromatic rings. The number of carboxylic acid groups (broad SMARTS) is 1. The Balaban J connectivity index is 1.37. The van der Waals surface area contributed by atoms with E-state index in [1.54, 1.807) is 33.7 Å². The number of fused-ring (bicyclic) bond motifs is 1. The third-order valence-electron chi connectivity index (χ3n) is 8.26. The Kier molecular flexibility index (Phi) is 9.09. The van der Waals surface area contributed by atoms with Gasteiger partial charge >= 0.3 is 12.1 Å². The Morgan fingerprint density at radius 1 is 1.02 bits per heavy atom. The van der Waals surface area contributed by atoms with Crippen LogP contribution in [0.1, 0.15) is 40.7 Å². The Hall–Kier alpha value is -4.53. The lowest BCUT2D eigenvalue weighted by molar-refractivity contribution is -0.272. The number of aromatic nitrogens is 1. The third-order valence-corrected chi connectivity index (χ3v) is 8.26. The Bertz CT molecular complexity index is 1720. The van der Waals surface area contributed by atoms with Crippen LogP contribution in [0.2, 0.25) is 0 Å². The summed E-state index contributed by atoms with van der Waals surface area (Å²) in [5.74, 6) is -0.168. The van der Waals surface area contributed by atoms with Crippen molar-refractivity contribution >= 4 is 16.9 Å². The van der Waals surface area contributed by atoms with Crippen LogP contribution in [0.4, 0.5) is 13.2 Å². The number of methoxy groups -OCH3 is 1. The number of β-amino-alcohol motifs (C(OH)–C–C–N with tert-alkyl or cyclic N) is 1. The minimum atomic E-state index is -4.98. The monoisotopic (exact) mass is 621 g/mol. The molecular formula is C34H34F3N3O5. The summed E-state index contributed by atoms with van der Waals surface area (Å²) in [7, 11) is 1.45. The van der Waals surface area contributed by atoms with Crippen LogP contribution in [0.5, 0.6) is 11.5 Å². The quantitative estimate of drug-likeness (QED) is 0.231. The highest BCUT2D eigenvalue weighted by atomic mass is 19.4. The predicted octanol–water partition coefficient (Wildman–Crippen LogP) is 5.80. The Labute approximate surface area is 258 Å². The minimum Gasteiger partial charge on any atom is -0.493 e. The molecule has 1 unspecified atom stereocenters. The average Bonchev–Trinajstić information content (AvgIpc) is 3.37. The van der Waals surface area contributed by atoms with Crippen molar-refractivity contribution in [1.82, 2.24) is 9.47 Å². The molecule has 8 nitrogen and oxygen atoms in total. The van der Waals surface area contributed by atoms with Gasteiger partial charge in [0.25, 0.3) is 0 Å². The first-order valence-corrected chi connectivity index (χ1v) is 14.6. The van der Waals surface area contributed by atoms with E-state index in [0.29, 0.717) is 41.0 Å². The smallest absolute Gasteiger partial charge is 0.422 e. The molecule has 1 aromatic heterocycles. The van der Waals surface area contributed by atoms with Gasteiger partial charge in [-0.25, -0.2) is 0 Å². The second-order valence-electron chi connectivity index (χ2n) is 11.5. The number of rotatable bonds is 10. The number of aliphatic carboxylic acids is 1. The van der Waals surface area contributed by atoms with Crippen molar-refractivity contribution in [3.8, 4) is 17.6 Å². The number of hydrogen-bond acceptors (Lipinski definition) is 6. The van der Waals surface area contributed by atoms with Crippen molar-refractivity contribution in [2.75, 3.05) is 26.7 Å². The molecule has 0 radical (unpaired) electrons. The molecular weight excluding hydrogens is 587 g/mol. The lowest BCUT2D eigenvalue weighted by atomic mass is 9.90. The molecule has 45 heavy (non-hydrogen) atoms. The predicted molar refractivity (Wildman–Crippen MR) is 161 cm³/mol. The number of aryl methyl sites for hydroxylation is 1. The first kappa shape index (κ1) is 31.9. The van der Waals surface area contributed by atoms with Crippen LogP contribution >= 0.6 is 0 Å². The summed E-state index contributed by atoms with van der Waals surface area (Å²) in [5.41, 5.74) is -0.211. The van der Waals surface area contributed by atoms with E-state index >= 15 is 0 Å². The number of piperidine rings is 1. The molecule has 3 aromatic carbocycles. The summed E-state index contributed by atoms with van der Waals surface area (Å²) in [6.45, 7) is 2.05. The van der Waals surface area contributed by atoms with E-state index in [1.165, 1.54) is 25.4 Å². The van der Waals surface area contributed by atoms with Gasteiger partial charge in [0.1, 0.15) is 6.10 Å². The molecule has 1 aliphatic heterocycles. The topological polar surface area (TPSA) is 108 Å². The molecule has 2 N–H and O–H groups in total. The number of likely N-dealkylation sites (tertiary alicyclic amines) is 1. The van der Waals surface area contributed by atoms with Gasteiger partial charge in [-0.05, 0) is 55.2 Å². The number of hydrogen-bond donors (Lipinski definition) is 2. The maximum Gasteiger partial charge on any atom is 0.422 e. The van der Waals surface area contributed by atoms with Crippen molar-refractivity contribution in [3.63, 3.8) is 0 Å². The van der Waals surface area contributed by atoms with Gasteiger partial charge < -0.3 is 24.3 Å². The molecule has 11 heteroatoms. The second kappa shape index (κ2) is 12.8. The molecule has 0 saturated carbocycles. The fourth-order valence-electron chi connectivity index (χ4n) is 5.82. The SMILES string of the molecule is COc1cc(CC(=O)O)ccc1OC1CCN(CC(O)(c2cn(Cc3ccc(C)cc3)c3cc(C#N)ccc23)C(F)(F)F)CC1. The van der Waals surface area contributed by atoms with Crippen LogP contribution in [-0.4, -0.2) is 64.7 Å². The number of ether oxygens (including phenoxy) is 2. The zero-order valence-electron chi connectivity index (χ0n) is 25.0. The summed E-state index contributed by atoms with van der Waals surface area (Å²) in [6.07, 6.45) is -3.28. The number of halogens is 3. The first-order valence-electron chi connectivity index (χ1n) is 14.6. The van der Waals surface area contributed by atoms with Crippen LogP contribution in [0.15, 0.2) is 66.9 Å². The van der Waals surface area contributed by atoms with E-state index in [2.05, 4.69) is 6.07 Å². The van der Waals surface area contributed by atoms with Crippen molar-refractivity contribution in [2.45, 2.75) is 50.6 Å². The number of nitriles is 1. The Morgan fingerprint density at radius 2 is 1.71 bits per heavy atom. The molecule has 1 atom stereocenters. The van der Waals surface area contributed by atoms with Gasteiger partial charge in [0, 0.05) is 43.3 Å². The fourth-order valence-corrected chi connectivity index (χ4v) is 5.82. The van der Waals surface area contributed by atoms with Gasteiger partial charge in [-0.15, -0.1) is 0 Å². The molecule has 1 fully saturated rings. The number of alkyl halides is 3. The minimum absolute atomic E-state index is 0.165. The normalized spacial score (nSPS) is 15.8. The molecule has 236 valence electrons. The van der Waals surface area contributed by atoms with Gasteiger partial charge in [0.05, 0.1) is 30.7 Å². The van der Waals surface area contributed by atoms with Crippen LogP contribution in [0, 0.1) is 18.3 Å². The van der Waals surface area contributed by atoms with Gasteiger partial charge in [-0.3, -0.25) is 9.69 Å². The van der Waals surface area contributed by atoms with E-state index in [4.69, 9.17) is 14.6 Å². The maximum absolute atomic E-state index is 14.8. The third kappa shape index (κ3) is 6.92. The van der Waals surface area contributed by atoms with E-state index in [9.17, 15) is 28.3 Å². The summed E-state index contributed by atoms with van der Waals surface area (Å²) in [5, 5.41) is 30.3. The number of carboxylic acids is 1. The van der Waals surface area contributed by atoms with Crippen LogP contribution in [0.25, 0.3) is 10.9 Å². The molecule has 1 aliphatic rings. The summed E-state index contributed by atoms with van der Waals surface area (Å²) in [4.78, 5) is 12.6. The summed E-state index contributed by atoms with van der Waals surface area (Å²) in [6, 6.07) is 19.1. The van der Waals surface area contributed by atoms with Gasteiger partial charge in [0.2, 0.25) is 5.60 Å². The zero-order chi connectivity index (χ0) is 32.4. The van der Waals surface area contributed by atoms with Crippen LogP contribution < -0.4 is 9.47 Å². The van der Waals surface area contributed by atoms with E-state index in [0.717, 1.165) is 11.1 Å². The molecule has 5 rings (SSSR count). The van der Waals surface area contributed by atoms with Crippen molar-refractivity contribution < 1.29 is 37.7 Å². The van der Waals surface area contributed by atoms with E-state index in [1.807, 2.05) is 31.2 Å². The average molecular weight is 622 g/mol. The number of carbonyl (C=O) groups is 1. The lowest BCUT2D eigenvalue weighted by Crippen LogP contribution is -2.53.